The second-order valence-electron chi connectivity index (χ2n) is 5.88. The number of aromatic nitrogens is 2. The highest BCUT2D eigenvalue weighted by Crippen LogP contribution is 2.38. The Kier molecular flexibility index (Phi) is 3.33. The van der Waals surface area contributed by atoms with Crippen molar-refractivity contribution >= 4 is 5.82 Å². The van der Waals surface area contributed by atoms with Crippen molar-refractivity contribution in [3.8, 4) is 11.5 Å². The van der Waals surface area contributed by atoms with E-state index in [0.29, 0.717) is 19.1 Å². The van der Waals surface area contributed by atoms with Crippen LogP contribution in [0.15, 0.2) is 30.5 Å². The van der Waals surface area contributed by atoms with Crippen molar-refractivity contribution in [2.24, 2.45) is 0 Å². The Morgan fingerprint density at radius 3 is 2.77 bits per heavy atom. The molecule has 1 aromatic heterocycles. The highest BCUT2D eigenvalue weighted by atomic mass is 16.6. The molecule has 22 heavy (non-hydrogen) atoms. The predicted octanol–water partition coefficient (Wildman–Crippen LogP) is 2.76. The molecule has 114 valence electrons. The fourth-order valence-corrected chi connectivity index (χ4v) is 2.66. The molecule has 2 heterocycles. The number of hydrogen-bond donors (Lipinski definition) is 0. The highest BCUT2D eigenvalue weighted by Gasteiger charge is 2.26. The molecule has 5 nitrogen and oxygen atoms in total. The highest BCUT2D eigenvalue weighted by molar-refractivity contribution is 5.46. The maximum absolute atomic E-state index is 5.64. The zero-order chi connectivity index (χ0) is 14.9. The molecular formula is C17H19N3O2. The summed E-state index contributed by atoms with van der Waals surface area (Å²) in [6.45, 7) is 2.01. The zero-order valence-corrected chi connectivity index (χ0v) is 12.7. The monoisotopic (exact) mass is 297 g/mol. The molecule has 2 aliphatic rings. The molecule has 0 bridgehead atoms. The van der Waals surface area contributed by atoms with Gasteiger partial charge in [0.1, 0.15) is 24.9 Å². The molecule has 0 amide bonds. The Balaban J connectivity index is 1.51. The van der Waals surface area contributed by atoms with Gasteiger partial charge in [0, 0.05) is 25.7 Å². The fraction of sp³-hybridized carbons (Fsp3) is 0.412. The lowest BCUT2D eigenvalue weighted by Gasteiger charge is -2.22. The first-order valence-electron chi connectivity index (χ1n) is 7.72. The number of hydrogen-bond acceptors (Lipinski definition) is 5. The molecule has 0 atom stereocenters. The molecule has 0 spiro atoms. The molecule has 2 aromatic rings. The van der Waals surface area contributed by atoms with Crippen molar-refractivity contribution in [1.29, 1.82) is 0 Å². The second-order valence-corrected chi connectivity index (χ2v) is 5.88. The molecule has 1 aliphatic heterocycles. The smallest absolute Gasteiger partial charge is 0.161 e. The van der Waals surface area contributed by atoms with E-state index in [1.165, 1.54) is 18.4 Å². The lowest BCUT2D eigenvalue weighted by atomic mass is 10.2. The first-order chi connectivity index (χ1) is 10.8. The van der Waals surface area contributed by atoms with E-state index in [1.807, 2.05) is 24.4 Å². The molecule has 0 N–H and O–H groups in total. The third kappa shape index (κ3) is 2.71. The normalized spacial score (nSPS) is 16.4. The maximum atomic E-state index is 5.64. The van der Waals surface area contributed by atoms with Crippen molar-refractivity contribution in [2.75, 3.05) is 25.2 Å². The van der Waals surface area contributed by atoms with Crippen LogP contribution >= 0.6 is 0 Å². The summed E-state index contributed by atoms with van der Waals surface area (Å²) in [5.74, 6) is 4.18. The summed E-state index contributed by atoms with van der Waals surface area (Å²) in [6.07, 6.45) is 4.29. The summed E-state index contributed by atoms with van der Waals surface area (Å²) in [5.41, 5.74) is 1.18. The van der Waals surface area contributed by atoms with Gasteiger partial charge >= 0.3 is 0 Å². The minimum absolute atomic E-state index is 0.572. The van der Waals surface area contributed by atoms with Crippen LogP contribution < -0.4 is 14.4 Å². The predicted molar refractivity (Wildman–Crippen MR) is 83.5 cm³/mol. The van der Waals surface area contributed by atoms with E-state index in [2.05, 4.69) is 28.0 Å². The summed E-state index contributed by atoms with van der Waals surface area (Å²) < 4.78 is 11.2. The molecular weight excluding hydrogens is 278 g/mol. The van der Waals surface area contributed by atoms with E-state index < -0.39 is 0 Å². The lowest BCUT2D eigenvalue weighted by molar-refractivity contribution is 0.171. The average Bonchev–Trinajstić information content (AvgIpc) is 3.40. The van der Waals surface area contributed by atoms with Gasteiger partial charge in [0.05, 0.1) is 0 Å². The number of ether oxygens (including phenoxy) is 2. The van der Waals surface area contributed by atoms with Crippen LogP contribution in [-0.2, 0) is 6.54 Å². The number of fused-ring (bicyclic) bond motifs is 1. The molecule has 4 rings (SSSR count). The number of rotatable bonds is 4. The van der Waals surface area contributed by atoms with Gasteiger partial charge in [-0.25, -0.2) is 9.97 Å². The maximum Gasteiger partial charge on any atom is 0.161 e. The SMILES string of the molecule is CN(Cc1ccc2c(c1)OCCO2)c1ccnc(C2CC2)n1. The van der Waals surface area contributed by atoms with Crippen LogP contribution in [0.4, 0.5) is 5.82 Å². The molecule has 5 heteroatoms. The topological polar surface area (TPSA) is 47.5 Å². The van der Waals surface area contributed by atoms with Gasteiger partial charge in [-0.3, -0.25) is 0 Å². The quantitative estimate of drug-likeness (QED) is 0.868. The van der Waals surface area contributed by atoms with Crippen molar-refractivity contribution in [3.05, 3.63) is 41.9 Å². The van der Waals surface area contributed by atoms with Crippen LogP contribution in [0.2, 0.25) is 0 Å². The van der Waals surface area contributed by atoms with Crippen molar-refractivity contribution in [2.45, 2.75) is 25.3 Å². The molecule has 0 radical (unpaired) electrons. The summed E-state index contributed by atoms with van der Waals surface area (Å²) in [7, 11) is 2.05. The van der Waals surface area contributed by atoms with E-state index in [-0.39, 0.29) is 0 Å². The van der Waals surface area contributed by atoms with Gasteiger partial charge in [0.15, 0.2) is 11.5 Å². The van der Waals surface area contributed by atoms with Crippen LogP contribution in [0.25, 0.3) is 0 Å². The Morgan fingerprint density at radius 1 is 1.14 bits per heavy atom. The Morgan fingerprint density at radius 2 is 1.95 bits per heavy atom. The molecule has 1 saturated carbocycles. The fourth-order valence-electron chi connectivity index (χ4n) is 2.66. The number of anilines is 1. The van der Waals surface area contributed by atoms with Gasteiger partial charge in [-0.15, -0.1) is 0 Å². The molecule has 0 unspecified atom stereocenters. The van der Waals surface area contributed by atoms with E-state index in [9.17, 15) is 0 Å². The van der Waals surface area contributed by atoms with Gasteiger partial charge in [-0.2, -0.15) is 0 Å². The summed E-state index contributed by atoms with van der Waals surface area (Å²) in [6, 6.07) is 8.07. The van der Waals surface area contributed by atoms with Crippen molar-refractivity contribution < 1.29 is 9.47 Å². The minimum Gasteiger partial charge on any atom is -0.486 e. The Labute approximate surface area is 129 Å². The molecule has 0 saturated heterocycles. The van der Waals surface area contributed by atoms with Gasteiger partial charge in [-0.1, -0.05) is 6.07 Å². The van der Waals surface area contributed by atoms with Crippen LogP contribution in [0, 0.1) is 0 Å². The van der Waals surface area contributed by atoms with Crippen molar-refractivity contribution in [1.82, 2.24) is 9.97 Å². The summed E-state index contributed by atoms with van der Waals surface area (Å²) >= 11 is 0. The summed E-state index contributed by atoms with van der Waals surface area (Å²) in [5, 5.41) is 0. The number of benzene rings is 1. The van der Waals surface area contributed by atoms with E-state index in [1.54, 1.807) is 0 Å². The third-order valence-electron chi connectivity index (χ3n) is 4.02. The first-order valence-corrected chi connectivity index (χ1v) is 7.72. The Bertz CT molecular complexity index is 685. The number of nitrogens with zero attached hydrogens (tertiary/aromatic N) is 3. The van der Waals surface area contributed by atoms with Crippen LogP contribution in [0.1, 0.15) is 30.1 Å². The van der Waals surface area contributed by atoms with Crippen LogP contribution in [0.5, 0.6) is 11.5 Å². The average molecular weight is 297 g/mol. The molecule has 1 aromatic carbocycles. The summed E-state index contributed by atoms with van der Waals surface area (Å²) in [4.78, 5) is 11.2. The second kappa shape index (κ2) is 5.48. The zero-order valence-electron chi connectivity index (χ0n) is 12.7. The van der Waals surface area contributed by atoms with Gasteiger partial charge < -0.3 is 14.4 Å². The first kappa shape index (κ1) is 13.4. The Hall–Kier alpha value is -2.30. The van der Waals surface area contributed by atoms with Crippen LogP contribution in [0.3, 0.4) is 0 Å². The van der Waals surface area contributed by atoms with E-state index in [4.69, 9.17) is 9.47 Å². The van der Waals surface area contributed by atoms with Gasteiger partial charge in [0.2, 0.25) is 0 Å². The lowest BCUT2D eigenvalue weighted by Crippen LogP contribution is -2.19. The van der Waals surface area contributed by atoms with Crippen molar-refractivity contribution in [3.63, 3.8) is 0 Å². The standard InChI is InChI=1S/C17H19N3O2/c1-20(16-6-7-18-17(19-16)13-3-4-13)11-12-2-5-14-15(10-12)22-9-8-21-14/h2,5-7,10,13H,3-4,8-9,11H2,1H3. The van der Waals surface area contributed by atoms with E-state index >= 15 is 0 Å². The third-order valence-corrected chi connectivity index (χ3v) is 4.02. The van der Waals surface area contributed by atoms with Gasteiger partial charge in [-0.05, 0) is 36.6 Å². The molecule has 1 fully saturated rings. The minimum atomic E-state index is 0.572. The van der Waals surface area contributed by atoms with E-state index in [0.717, 1.165) is 29.7 Å². The van der Waals surface area contributed by atoms with Gasteiger partial charge in [0.25, 0.3) is 0 Å². The van der Waals surface area contributed by atoms with Crippen LogP contribution in [-0.4, -0.2) is 30.2 Å². The largest absolute Gasteiger partial charge is 0.486 e. The molecule has 1 aliphatic carbocycles.